The first-order valence-corrected chi connectivity index (χ1v) is 10.4. The van der Waals surface area contributed by atoms with Crippen LogP contribution in [0.4, 0.5) is 13.2 Å². The zero-order valence-corrected chi connectivity index (χ0v) is 15.5. The summed E-state index contributed by atoms with van der Waals surface area (Å²) < 4.78 is 47.1. The number of aliphatic hydroxyl groups excluding tert-OH is 1. The van der Waals surface area contributed by atoms with E-state index in [0.717, 1.165) is 45.1 Å². The summed E-state index contributed by atoms with van der Waals surface area (Å²) in [4.78, 5) is 2.07. The van der Waals surface area contributed by atoms with Gasteiger partial charge in [-0.2, -0.15) is 13.2 Å². The Balaban J connectivity index is 1.56. The monoisotopic (exact) mass is 392 g/mol. The summed E-state index contributed by atoms with van der Waals surface area (Å²) in [6.45, 7) is 0.722. The first-order chi connectivity index (χ1) is 12.9. The van der Waals surface area contributed by atoms with Gasteiger partial charge in [0.1, 0.15) is 12.5 Å². The molecule has 4 aliphatic heterocycles. The molecule has 9 heteroatoms. The second kappa shape index (κ2) is 8.12. The summed E-state index contributed by atoms with van der Waals surface area (Å²) in [6, 6.07) is -0.00946. The molecule has 6 unspecified atom stereocenters. The van der Waals surface area contributed by atoms with Gasteiger partial charge in [0, 0.05) is 12.1 Å². The van der Waals surface area contributed by atoms with Crippen LogP contribution in [0.5, 0.6) is 0 Å². The lowest BCUT2D eigenvalue weighted by molar-refractivity contribution is -0.209. The fraction of sp³-hybridized carbons (Fsp3) is 1.00. The van der Waals surface area contributed by atoms with Crippen LogP contribution in [0.15, 0.2) is 0 Å². The summed E-state index contributed by atoms with van der Waals surface area (Å²) in [5, 5.41) is 13.6. The molecule has 4 saturated heterocycles. The van der Waals surface area contributed by atoms with E-state index in [4.69, 9.17) is 4.74 Å². The first kappa shape index (κ1) is 19.8. The Bertz CT molecular complexity index is 509. The predicted octanol–water partition coefficient (Wildman–Crippen LogP) is 1.81. The molecule has 4 aliphatic rings. The third-order valence-electron chi connectivity index (χ3n) is 6.67. The number of nitrogens with zero attached hydrogens (tertiary/aromatic N) is 1. The van der Waals surface area contributed by atoms with Crippen molar-refractivity contribution in [3.05, 3.63) is 0 Å². The van der Waals surface area contributed by atoms with Gasteiger partial charge in [-0.3, -0.25) is 10.2 Å². The van der Waals surface area contributed by atoms with E-state index < -0.39 is 36.8 Å². The van der Waals surface area contributed by atoms with Crippen molar-refractivity contribution in [1.82, 2.24) is 21.1 Å². The highest BCUT2D eigenvalue weighted by atomic mass is 19.4. The number of aliphatic hydroxyl groups is 1. The van der Waals surface area contributed by atoms with E-state index in [-0.39, 0.29) is 18.5 Å². The summed E-state index contributed by atoms with van der Waals surface area (Å²) in [6.07, 6.45) is 0.406. The minimum absolute atomic E-state index is 0.101. The van der Waals surface area contributed by atoms with Crippen molar-refractivity contribution >= 4 is 0 Å². The van der Waals surface area contributed by atoms with E-state index in [2.05, 4.69) is 21.1 Å². The minimum Gasteiger partial charge on any atom is -0.389 e. The summed E-state index contributed by atoms with van der Waals surface area (Å²) in [5.41, 5.74) is 6.00. The zero-order chi connectivity index (χ0) is 19.0. The second-order valence-electron chi connectivity index (χ2n) is 8.45. The van der Waals surface area contributed by atoms with Gasteiger partial charge in [0.25, 0.3) is 0 Å². The van der Waals surface area contributed by atoms with Crippen molar-refractivity contribution in [2.75, 3.05) is 6.54 Å². The molecule has 4 rings (SSSR count). The van der Waals surface area contributed by atoms with Crippen LogP contribution in [0.25, 0.3) is 0 Å². The molecule has 6 nitrogen and oxygen atoms in total. The SMILES string of the molecule is OC1CCCCC[C@@H]2CCCN2C2NC(CCC2C(F)(F)F)C2NNC1O2. The van der Waals surface area contributed by atoms with Gasteiger partial charge in [0.2, 0.25) is 0 Å². The summed E-state index contributed by atoms with van der Waals surface area (Å²) in [5.74, 6) is -1.35. The maximum atomic E-state index is 13.7. The standard InChI is InChI=1S/C18H31F3N4O2/c19-18(20,21)12-8-9-13-16-23-24-17(27-16)14(26)7-3-1-2-5-11-6-4-10-25(11)15(12)22-13/h11-17,22-24,26H,1-10H2/t11-,12?,13?,14?,15?,16?,17?/m1/s1. The molecule has 27 heavy (non-hydrogen) atoms. The number of halogens is 3. The molecule has 156 valence electrons. The smallest absolute Gasteiger partial charge is 0.389 e. The highest BCUT2D eigenvalue weighted by Gasteiger charge is 2.52. The minimum atomic E-state index is -4.21. The molecule has 4 bridgehead atoms. The normalized spacial score (nSPS) is 44.7. The van der Waals surface area contributed by atoms with Crippen molar-refractivity contribution in [3.8, 4) is 0 Å². The maximum absolute atomic E-state index is 13.7. The fourth-order valence-electron chi connectivity index (χ4n) is 5.21. The highest BCUT2D eigenvalue weighted by molar-refractivity contribution is 4.97. The topological polar surface area (TPSA) is 68.8 Å². The van der Waals surface area contributed by atoms with Gasteiger partial charge < -0.3 is 9.84 Å². The zero-order valence-electron chi connectivity index (χ0n) is 15.5. The molecule has 4 heterocycles. The molecule has 0 aromatic carbocycles. The second-order valence-corrected chi connectivity index (χ2v) is 8.45. The van der Waals surface area contributed by atoms with E-state index in [9.17, 15) is 18.3 Å². The summed E-state index contributed by atoms with van der Waals surface area (Å²) >= 11 is 0. The van der Waals surface area contributed by atoms with Gasteiger partial charge in [0.15, 0.2) is 0 Å². The van der Waals surface area contributed by atoms with E-state index in [1.165, 1.54) is 0 Å². The molecule has 0 spiro atoms. The predicted molar refractivity (Wildman–Crippen MR) is 93.2 cm³/mol. The number of hydrazine groups is 1. The molecule has 0 saturated carbocycles. The molecular formula is C18H31F3N4O2. The average molecular weight is 392 g/mol. The van der Waals surface area contributed by atoms with Gasteiger partial charge in [-0.15, -0.1) is 0 Å². The lowest BCUT2D eigenvalue weighted by atomic mass is 9.88. The van der Waals surface area contributed by atoms with Crippen molar-refractivity contribution < 1.29 is 23.0 Å². The van der Waals surface area contributed by atoms with Crippen molar-refractivity contribution in [1.29, 1.82) is 0 Å². The third-order valence-corrected chi connectivity index (χ3v) is 6.67. The summed E-state index contributed by atoms with van der Waals surface area (Å²) in [7, 11) is 0. The molecule has 0 aromatic rings. The molecule has 4 N–H and O–H groups in total. The molecule has 4 fully saturated rings. The van der Waals surface area contributed by atoms with E-state index in [1.807, 2.05) is 0 Å². The van der Waals surface area contributed by atoms with Gasteiger partial charge in [-0.25, -0.2) is 10.9 Å². The van der Waals surface area contributed by atoms with Crippen LogP contribution >= 0.6 is 0 Å². The molecule has 0 aromatic heterocycles. The van der Waals surface area contributed by atoms with E-state index >= 15 is 0 Å². The quantitative estimate of drug-likeness (QED) is 0.504. The number of rotatable bonds is 0. The van der Waals surface area contributed by atoms with Crippen molar-refractivity contribution in [2.24, 2.45) is 5.92 Å². The van der Waals surface area contributed by atoms with E-state index in [0.29, 0.717) is 12.8 Å². The molecule has 0 aliphatic carbocycles. The van der Waals surface area contributed by atoms with Crippen LogP contribution in [-0.2, 0) is 4.74 Å². The Morgan fingerprint density at radius 2 is 1.63 bits per heavy atom. The van der Waals surface area contributed by atoms with Crippen molar-refractivity contribution in [2.45, 2.75) is 101 Å². The number of hydrogen-bond acceptors (Lipinski definition) is 6. The number of ether oxygens (including phenoxy) is 1. The van der Waals surface area contributed by atoms with E-state index in [1.54, 1.807) is 0 Å². The highest BCUT2D eigenvalue weighted by Crippen LogP contribution is 2.40. The van der Waals surface area contributed by atoms with Gasteiger partial charge >= 0.3 is 6.18 Å². The number of alkyl halides is 3. The largest absolute Gasteiger partial charge is 0.394 e. The van der Waals surface area contributed by atoms with Crippen LogP contribution in [-0.4, -0.2) is 59.5 Å². The lowest BCUT2D eigenvalue weighted by Crippen LogP contribution is -2.64. The first-order valence-electron chi connectivity index (χ1n) is 10.4. The lowest BCUT2D eigenvalue weighted by Gasteiger charge is -2.46. The van der Waals surface area contributed by atoms with Crippen LogP contribution in [0.1, 0.15) is 57.8 Å². The molecule has 7 atom stereocenters. The molecule has 0 radical (unpaired) electrons. The number of piperidine rings is 1. The molecular weight excluding hydrogens is 361 g/mol. The van der Waals surface area contributed by atoms with Crippen LogP contribution in [0.2, 0.25) is 0 Å². The number of hydrogen-bond donors (Lipinski definition) is 4. The average Bonchev–Trinajstić information content (AvgIpc) is 3.29. The Kier molecular flexibility index (Phi) is 5.97. The Morgan fingerprint density at radius 3 is 2.44 bits per heavy atom. The van der Waals surface area contributed by atoms with Gasteiger partial charge in [-0.05, 0) is 45.1 Å². The Hall–Kier alpha value is -0.450. The third kappa shape index (κ3) is 4.28. The van der Waals surface area contributed by atoms with Crippen molar-refractivity contribution in [3.63, 3.8) is 0 Å². The molecule has 0 amide bonds. The van der Waals surface area contributed by atoms with Crippen LogP contribution in [0.3, 0.4) is 0 Å². The number of fused-ring (bicyclic) bond motifs is 7. The van der Waals surface area contributed by atoms with Crippen LogP contribution < -0.4 is 16.2 Å². The van der Waals surface area contributed by atoms with Gasteiger partial charge in [-0.1, -0.05) is 19.3 Å². The van der Waals surface area contributed by atoms with Gasteiger partial charge in [0.05, 0.1) is 18.2 Å². The Morgan fingerprint density at radius 1 is 0.889 bits per heavy atom. The van der Waals surface area contributed by atoms with Crippen LogP contribution in [0, 0.1) is 5.92 Å². The fourth-order valence-corrected chi connectivity index (χ4v) is 5.21. The number of nitrogens with one attached hydrogen (secondary N) is 3. The maximum Gasteiger partial charge on any atom is 0.394 e. The Labute approximate surface area is 158 Å².